The molecule has 15 heavy (non-hydrogen) atoms. The number of thiophene rings is 1. The average molecular weight is 226 g/mol. The van der Waals surface area contributed by atoms with Gasteiger partial charge in [0, 0.05) is 11.5 Å². The van der Waals surface area contributed by atoms with E-state index < -0.39 is 6.10 Å². The van der Waals surface area contributed by atoms with Crippen LogP contribution in [0.25, 0.3) is 0 Å². The van der Waals surface area contributed by atoms with Crippen molar-refractivity contribution in [3.8, 4) is 0 Å². The Morgan fingerprint density at radius 2 is 2.33 bits per heavy atom. The van der Waals surface area contributed by atoms with E-state index in [1.807, 2.05) is 19.2 Å². The smallest absolute Gasteiger partial charge is 0.115 e. The van der Waals surface area contributed by atoms with Gasteiger partial charge in [-0.2, -0.15) is 0 Å². The summed E-state index contributed by atoms with van der Waals surface area (Å²) in [6.45, 7) is 4.72. The van der Waals surface area contributed by atoms with Gasteiger partial charge in [0.15, 0.2) is 0 Å². The van der Waals surface area contributed by atoms with Gasteiger partial charge in [-0.25, -0.2) is 0 Å². The van der Waals surface area contributed by atoms with E-state index in [9.17, 15) is 5.11 Å². The highest BCUT2D eigenvalue weighted by molar-refractivity contribution is 7.10. The highest BCUT2D eigenvalue weighted by Crippen LogP contribution is 2.41. The normalized spacial score (nSPS) is 20.2. The predicted molar refractivity (Wildman–Crippen MR) is 62.2 cm³/mol. The van der Waals surface area contributed by atoms with E-state index in [-0.39, 0.29) is 6.10 Å². The molecule has 2 atom stereocenters. The molecule has 0 bridgehead atoms. The first-order chi connectivity index (χ1) is 7.24. The van der Waals surface area contributed by atoms with Gasteiger partial charge >= 0.3 is 0 Å². The Balaban J connectivity index is 2.10. The fourth-order valence-electron chi connectivity index (χ4n) is 1.94. The first-order valence-electron chi connectivity index (χ1n) is 5.57. The molecule has 1 aromatic rings. The second kappa shape index (κ2) is 4.64. The topological polar surface area (TPSA) is 29.5 Å². The highest BCUT2D eigenvalue weighted by Gasteiger charge is 2.37. The lowest BCUT2D eigenvalue weighted by molar-refractivity contribution is -0.0449. The van der Waals surface area contributed by atoms with E-state index in [0.717, 1.165) is 4.88 Å². The second-order valence-electron chi connectivity index (χ2n) is 4.17. The van der Waals surface area contributed by atoms with Gasteiger partial charge in [0.05, 0.1) is 6.10 Å². The zero-order valence-electron chi connectivity index (χ0n) is 9.27. The molecule has 0 aliphatic heterocycles. The van der Waals surface area contributed by atoms with E-state index in [2.05, 4.69) is 6.07 Å². The lowest BCUT2D eigenvalue weighted by atomic mass is 10.1. The molecule has 0 radical (unpaired) electrons. The standard InChI is InChI=1S/C12H18O2S/c1-3-14-11(9-4-5-9)10(13)12-8(2)6-7-15-12/h6-7,9-11,13H,3-5H2,1-2H3. The van der Waals surface area contributed by atoms with Crippen molar-refractivity contribution in [2.75, 3.05) is 6.61 Å². The molecule has 2 rings (SSSR count). The summed E-state index contributed by atoms with van der Waals surface area (Å²) in [5, 5.41) is 12.3. The van der Waals surface area contributed by atoms with Gasteiger partial charge in [-0.15, -0.1) is 11.3 Å². The van der Waals surface area contributed by atoms with Gasteiger partial charge in [-0.05, 0) is 49.6 Å². The molecule has 1 saturated carbocycles. The Morgan fingerprint density at radius 1 is 1.60 bits per heavy atom. The van der Waals surface area contributed by atoms with Crippen molar-refractivity contribution in [1.29, 1.82) is 0 Å². The van der Waals surface area contributed by atoms with E-state index in [1.165, 1.54) is 18.4 Å². The second-order valence-corrected chi connectivity index (χ2v) is 5.12. The molecule has 0 amide bonds. The lowest BCUT2D eigenvalue weighted by Crippen LogP contribution is -2.24. The summed E-state index contributed by atoms with van der Waals surface area (Å²) < 4.78 is 5.66. The van der Waals surface area contributed by atoms with Crippen LogP contribution in [0.3, 0.4) is 0 Å². The molecule has 2 nitrogen and oxygen atoms in total. The molecule has 3 heteroatoms. The zero-order valence-corrected chi connectivity index (χ0v) is 10.1. The van der Waals surface area contributed by atoms with Crippen molar-refractivity contribution in [3.05, 3.63) is 21.9 Å². The summed E-state index contributed by atoms with van der Waals surface area (Å²) in [5.41, 5.74) is 1.18. The minimum absolute atomic E-state index is 0.00681. The number of hydrogen-bond donors (Lipinski definition) is 1. The molecule has 1 aromatic heterocycles. The maximum atomic E-state index is 10.3. The summed E-state index contributed by atoms with van der Waals surface area (Å²) in [6, 6.07) is 2.05. The van der Waals surface area contributed by atoms with Crippen LogP contribution in [0.15, 0.2) is 11.4 Å². The fraction of sp³-hybridized carbons (Fsp3) is 0.667. The number of rotatable bonds is 5. The van der Waals surface area contributed by atoms with Crippen LogP contribution in [0, 0.1) is 12.8 Å². The van der Waals surface area contributed by atoms with Crippen LogP contribution in [0.4, 0.5) is 0 Å². The van der Waals surface area contributed by atoms with E-state index in [0.29, 0.717) is 12.5 Å². The number of aryl methyl sites for hydroxylation is 1. The summed E-state index contributed by atoms with van der Waals surface area (Å²) in [7, 11) is 0. The molecular weight excluding hydrogens is 208 g/mol. The summed E-state index contributed by atoms with van der Waals surface area (Å²) in [4.78, 5) is 1.07. The SMILES string of the molecule is CCOC(C1CC1)C(O)c1sccc1C. The Hall–Kier alpha value is -0.380. The average Bonchev–Trinajstić information content (AvgIpc) is 2.97. The van der Waals surface area contributed by atoms with Crippen molar-refractivity contribution in [3.63, 3.8) is 0 Å². The van der Waals surface area contributed by atoms with Crippen molar-refractivity contribution in [2.24, 2.45) is 5.92 Å². The number of hydrogen-bond acceptors (Lipinski definition) is 3. The lowest BCUT2D eigenvalue weighted by Gasteiger charge is -2.22. The Kier molecular flexibility index (Phi) is 3.44. The van der Waals surface area contributed by atoms with Crippen molar-refractivity contribution >= 4 is 11.3 Å². The van der Waals surface area contributed by atoms with Crippen LogP contribution in [0.2, 0.25) is 0 Å². The monoisotopic (exact) mass is 226 g/mol. The van der Waals surface area contributed by atoms with Gasteiger partial charge < -0.3 is 9.84 Å². The largest absolute Gasteiger partial charge is 0.385 e. The predicted octanol–water partition coefficient (Wildman–Crippen LogP) is 2.91. The van der Waals surface area contributed by atoms with E-state index in [1.54, 1.807) is 11.3 Å². The van der Waals surface area contributed by atoms with E-state index >= 15 is 0 Å². The van der Waals surface area contributed by atoms with Gasteiger partial charge in [0.2, 0.25) is 0 Å². The maximum absolute atomic E-state index is 10.3. The van der Waals surface area contributed by atoms with Crippen LogP contribution in [0.1, 0.15) is 36.3 Å². The molecule has 2 unspecified atom stereocenters. The highest BCUT2D eigenvalue weighted by atomic mass is 32.1. The molecule has 1 heterocycles. The van der Waals surface area contributed by atoms with Gasteiger partial charge in [0.25, 0.3) is 0 Å². The first-order valence-corrected chi connectivity index (χ1v) is 6.45. The zero-order chi connectivity index (χ0) is 10.8. The Labute approximate surface area is 94.9 Å². The third kappa shape index (κ3) is 2.41. The Bertz CT molecular complexity index is 317. The third-order valence-electron chi connectivity index (χ3n) is 2.93. The number of ether oxygens (including phenoxy) is 1. The molecule has 0 spiro atoms. The summed E-state index contributed by atoms with van der Waals surface area (Å²) in [6.07, 6.45) is 1.97. The minimum atomic E-state index is -0.433. The quantitative estimate of drug-likeness (QED) is 0.836. The molecule has 0 aromatic carbocycles. The van der Waals surface area contributed by atoms with Crippen molar-refractivity contribution < 1.29 is 9.84 Å². The minimum Gasteiger partial charge on any atom is -0.385 e. The van der Waals surface area contributed by atoms with Gasteiger partial charge in [0.1, 0.15) is 6.10 Å². The first kappa shape index (κ1) is 11.1. The van der Waals surface area contributed by atoms with Crippen LogP contribution in [-0.2, 0) is 4.74 Å². The molecular formula is C12H18O2S. The molecule has 1 fully saturated rings. The maximum Gasteiger partial charge on any atom is 0.115 e. The number of aliphatic hydroxyl groups is 1. The van der Waals surface area contributed by atoms with Crippen molar-refractivity contribution in [1.82, 2.24) is 0 Å². The van der Waals surface area contributed by atoms with Gasteiger partial charge in [-0.3, -0.25) is 0 Å². The third-order valence-corrected chi connectivity index (χ3v) is 4.02. The van der Waals surface area contributed by atoms with Crippen LogP contribution < -0.4 is 0 Å². The fourth-order valence-corrected chi connectivity index (χ4v) is 2.89. The summed E-state index contributed by atoms with van der Waals surface area (Å²) >= 11 is 1.63. The molecule has 1 aliphatic carbocycles. The van der Waals surface area contributed by atoms with Crippen molar-refractivity contribution in [2.45, 2.75) is 38.9 Å². The van der Waals surface area contributed by atoms with Crippen LogP contribution in [-0.4, -0.2) is 17.8 Å². The molecule has 84 valence electrons. The molecule has 1 N–H and O–H groups in total. The summed E-state index contributed by atoms with van der Waals surface area (Å²) in [5.74, 6) is 0.571. The van der Waals surface area contributed by atoms with Gasteiger partial charge in [-0.1, -0.05) is 0 Å². The molecule has 0 saturated heterocycles. The Morgan fingerprint density at radius 3 is 2.80 bits per heavy atom. The van der Waals surface area contributed by atoms with E-state index in [4.69, 9.17) is 4.74 Å². The van der Waals surface area contributed by atoms with Crippen LogP contribution >= 0.6 is 11.3 Å². The van der Waals surface area contributed by atoms with Crippen LogP contribution in [0.5, 0.6) is 0 Å². The molecule has 1 aliphatic rings. The number of aliphatic hydroxyl groups excluding tert-OH is 1.